The van der Waals surface area contributed by atoms with Gasteiger partial charge < -0.3 is 10.6 Å². The zero-order valence-corrected chi connectivity index (χ0v) is 19.9. The van der Waals surface area contributed by atoms with Crippen molar-refractivity contribution in [2.24, 2.45) is 0 Å². The largest absolute Gasteiger partial charge is 0.416 e. The van der Waals surface area contributed by atoms with E-state index in [1.54, 1.807) is 0 Å². The molecule has 13 heteroatoms. The van der Waals surface area contributed by atoms with Crippen LogP contribution in [0.4, 0.5) is 27.6 Å². The van der Waals surface area contributed by atoms with Crippen molar-refractivity contribution in [3.05, 3.63) is 92.5 Å². The molecule has 2 heterocycles. The van der Waals surface area contributed by atoms with Crippen molar-refractivity contribution in [2.75, 3.05) is 11.1 Å². The number of carbonyl (C=O) groups excluding carboxylic acids is 2. The van der Waals surface area contributed by atoms with Gasteiger partial charge in [0.1, 0.15) is 11.6 Å². The highest BCUT2D eigenvalue weighted by atomic mass is 35.5. The molecule has 2 N–H and O–H groups in total. The zero-order valence-electron chi connectivity index (χ0n) is 18.3. The molecule has 1 atom stereocenters. The summed E-state index contributed by atoms with van der Waals surface area (Å²) in [6.07, 6.45) is -4.93. The zero-order chi connectivity index (χ0) is 26.9. The van der Waals surface area contributed by atoms with Crippen molar-refractivity contribution in [2.45, 2.75) is 23.5 Å². The molecule has 6 nitrogen and oxygen atoms in total. The van der Waals surface area contributed by atoms with Crippen LogP contribution in [0.1, 0.15) is 49.0 Å². The lowest BCUT2D eigenvalue weighted by Gasteiger charge is -2.19. The number of hydrogen-bond donors (Lipinski definition) is 2. The summed E-state index contributed by atoms with van der Waals surface area (Å²) in [6.45, 7) is 0. The van der Waals surface area contributed by atoms with Gasteiger partial charge in [-0.2, -0.15) is 13.2 Å². The fourth-order valence-corrected chi connectivity index (χ4v) is 6.37. The average Bonchev–Trinajstić information content (AvgIpc) is 3.31. The Morgan fingerprint density at radius 3 is 2.49 bits per heavy atom. The van der Waals surface area contributed by atoms with Crippen LogP contribution in [-0.4, -0.2) is 26.0 Å². The third kappa shape index (κ3) is 4.33. The lowest BCUT2D eigenvalue weighted by molar-refractivity contribution is -0.137. The van der Waals surface area contributed by atoms with Gasteiger partial charge in [0, 0.05) is 27.4 Å². The maximum atomic E-state index is 14.1. The van der Waals surface area contributed by atoms with Gasteiger partial charge in [-0.05, 0) is 54.4 Å². The first-order valence-electron chi connectivity index (χ1n) is 10.6. The molecule has 0 saturated carbocycles. The minimum Gasteiger partial charge on any atom is -0.341 e. The first kappa shape index (κ1) is 25.2. The van der Waals surface area contributed by atoms with Gasteiger partial charge in [-0.1, -0.05) is 11.6 Å². The van der Waals surface area contributed by atoms with Crippen LogP contribution in [0.3, 0.4) is 0 Å². The smallest absolute Gasteiger partial charge is 0.341 e. The number of carbonyl (C=O) groups is 2. The van der Waals surface area contributed by atoms with E-state index in [0.29, 0.717) is 12.1 Å². The number of halogens is 6. The fourth-order valence-electron chi connectivity index (χ4n) is 4.57. The summed E-state index contributed by atoms with van der Waals surface area (Å²) in [6, 6.07) is 4.61. The first-order chi connectivity index (χ1) is 17.3. The van der Waals surface area contributed by atoms with Crippen molar-refractivity contribution < 1.29 is 40.0 Å². The molecule has 5 rings (SSSR count). The van der Waals surface area contributed by atoms with Crippen molar-refractivity contribution in [3.63, 3.8) is 0 Å². The maximum Gasteiger partial charge on any atom is 0.416 e. The molecule has 0 aromatic heterocycles. The molecule has 0 aliphatic carbocycles. The quantitative estimate of drug-likeness (QED) is 0.442. The van der Waals surface area contributed by atoms with Gasteiger partial charge in [-0.3, -0.25) is 9.59 Å². The number of sulfone groups is 1. The monoisotopic (exact) mass is 556 g/mol. The van der Waals surface area contributed by atoms with E-state index in [9.17, 15) is 40.0 Å². The minimum absolute atomic E-state index is 0.00406. The van der Waals surface area contributed by atoms with Gasteiger partial charge in [0.2, 0.25) is 0 Å². The van der Waals surface area contributed by atoms with Gasteiger partial charge in [0.05, 0.1) is 27.8 Å². The molecule has 2 aliphatic rings. The molecule has 0 bridgehead atoms. The van der Waals surface area contributed by atoms with Crippen molar-refractivity contribution in [1.29, 1.82) is 0 Å². The van der Waals surface area contributed by atoms with Crippen molar-refractivity contribution >= 4 is 38.9 Å². The average molecular weight is 557 g/mol. The number of hydrogen-bond acceptors (Lipinski definition) is 4. The van der Waals surface area contributed by atoms with E-state index < -0.39 is 56.6 Å². The van der Waals surface area contributed by atoms with Crippen LogP contribution in [0.15, 0.2) is 47.4 Å². The Bertz CT molecular complexity index is 1620. The standard InChI is InChI=1S/C24H14ClF5N2O4S/c25-16-2-1-12(26)8-15(16)21-20-17(9-18-14(3-4-37(18,35)36)19(20)23(34)32-21)31-22(33)10-5-11(24(28,29)30)7-13(27)6-10/h1-2,5-9,21H,3-4H2,(H,31,33)(H,32,34). The highest BCUT2D eigenvalue weighted by Gasteiger charge is 2.41. The second-order valence-corrected chi connectivity index (χ2v) is 11.0. The molecule has 37 heavy (non-hydrogen) atoms. The van der Waals surface area contributed by atoms with Gasteiger partial charge in [-0.15, -0.1) is 0 Å². The molecule has 0 saturated heterocycles. The van der Waals surface area contributed by atoms with Gasteiger partial charge in [0.15, 0.2) is 9.84 Å². The van der Waals surface area contributed by atoms with E-state index in [4.69, 9.17) is 11.6 Å². The normalized spacial score (nSPS) is 17.8. The van der Waals surface area contributed by atoms with Crippen LogP contribution in [0.25, 0.3) is 0 Å². The summed E-state index contributed by atoms with van der Waals surface area (Å²) in [5, 5.41) is 4.99. The molecule has 0 fully saturated rings. The number of rotatable bonds is 3. The molecule has 0 radical (unpaired) electrons. The Hall–Kier alpha value is -3.51. The summed E-state index contributed by atoms with van der Waals surface area (Å²) in [4.78, 5) is 25.7. The van der Waals surface area contributed by atoms with E-state index >= 15 is 0 Å². The molecule has 3 aromatic carbocycles. The molecule has 0 spiro atoms. The van der Waals surface area contributed by atoms with E-state index in [2.05, 4.69) is 10.6 Å². The van der Waals surface area contributed by atoms with E-state index in [-0.39, 0.29) is 56.1 Å². The predicted octanol–water partition coefficient (Wildman–Crippen LogP) is 5.05. The number of fused-ring (bicyclic) bond motifs is 3. The van der Waals surface area contributed by atoms with Crippen molar-refractivity contribution in [3.8, 4) is 0 Å². The molecule has 2 amide bonds. The topological polar surface area (TPSA) is 92.3 Å². The predicted molar refractivity (Wildman–Crippen MR) is 122 cm³/mol. The summed E-state index contributed by atoms with van der Waals surface area (Å²) in [7, 11) is -3.83. The van der Waals surface area contributed by atoms with Gasteiger partial charge >= 0.3 is 6.18 Å². The Morgan fingerprint density at radius 1 is 1.05 bits per heavy atom. The molecule has 1 unspecified atom stereocenters. The minimum atomic E-state index is -4.93. The summed E-state index contributed by atoms with van der Waals surface area (Å²) in [5.74, 6) is -4.19. The van der Waals surface area contributed by atoms with Crippen LogP contribution in [0.5, 0.6) is 0 Å². The van der Waals surface area contributed by atoms with Crippen LogP contribution in [0.2, 0.25) is 5.02 Å². The fraction of sp³-hybridized carbons (Fsp3) is 0.167. The summed E-state index contributed by atoms with van der Waals surface area (Å²) in [5.41, 5.74) is -2.02. The second kappa shape index (κ2) is 8.52. The second-order valence-electron chi connectivity index (χ2n) is 8.51. The highest BCUT2D eigenvalue weighted by molar-refractivity contribution is 7.91. The van der Waals surface area contributed by atoms with Crippen molar-refractivity contribution in [1.82, 2.24) is 5.32 Å². The lowest BCUT2D eigenvalue weighted by Crippen LogP contribution is -2.21. The third-order valence-electron chi connectivity index (χ3n) is 6.19. The molecule has 192 valence electrons. The van der Waals surface area contributed by atoms with Crippen LogP contribution in [0, 0.1) is 11.6 Å². The van der Waals surface area contributed by atoms with E-state index in [0.717, 1.165) is 18.2 Å². The van der Waals surface area contributed by atoms with Crippen LogP contribution < -0.4 is 10.6 Å². The number of alkyl halides is 3. The number of anilines is 1. The van der Waals surface area contributed by atoms with Crippen LogP contribution in [-0.2, 0) is 22.4 Å². The van der Waals surface area contributed by atoms with E-state index in [1.165, 1.54) is 6.07 Å². The Labute approximate surface area is 211 Å². The maximum absolute atomic E-state index is 14.1. The molecular weight excluding hydrogens is 543 g/mol. The lowest BCUT2D eigenvalue weighted by atomic mass is 9.92. The molecule has 3 aromatic rings. The highest BCUT2D eigenvalue weighted by Crippen LogP contribution is 2.45. The van der Waals surface area contributed by atoms with E-state index in [1.807, 2.05) is 0 Å². The third-order valence-corrected chi connectivity index (χ3v) is 8.31. The summed E-state index contributed by atoms with van der Waals surface area (Å²) >= 11 is 6.24. The Kier molecular flexibility index (Phi) is 5.79. The number of nitrogens with one attached hydrogen (secondary N) is 2. The summed E-state index contributed by atoms with van der Waals surface area (Å²) < 4.78 is 92.7. The van der Waals surface area contributed by atoms with Gasteiger partial charge in [-0.25, -0.2) is 17.2 Å². The first-order valence-corrected chi connectivity index (χ1v) is 12.7. The Balaban J connectivity index is 1.68. The van der Waals surface area contributed by atoms with Crippen LogP contribution >= 0.6 is 11.6 Å². The SMILES string of the molecule is O=C(Nc1cc2c(c3c1C(c1cc(F)ccc1Cl)NC3=O)CCS2(=O)=O)c1cc(F)cc(C(F)(F)F)c1. The number of amides is 2. The van der Waals surface area contributed by atoms with Gasteiger partial charge in [0.25, 0.3) is 11.8 Å². The number of benzene rings is 3. The molecule has 2 aliphatic heterocycles. The molecular formula is C24H14ClF5N2O4S. The Morgan fingerprint density at radius 2 is 1.78 bits per heavy atom.